The molecule has 3 nitrogen and oxygen atoms in total. The molecule has 138 valence electrons. The van der Waals surface area contributed by atoms with Crippen molar-refractivity contribution >= 4 is 5.97 Å². The zero-order valence-electron chi connectivity index (χ0n) is 15.9. The SMILES string of the molecule is COC(=O)CCC1OC1/C=C\CCCCCCCCCC=C(C)C. The van der Waals surface area contributed by atoms with Crippen LogP contribution >= 0.6 is 0 Å². The van der Waals surface area contributed by atoms with Crippen molar-refractivity contribution in [2.24, 2.45) is 0 Å². The zero-order chi connectivity index (χ0) is 17.6. The van der Waals surface area contributed by atoms with Crippen LogP contribution in [-0.2, 0) is 14.3 Å². The van der Waals surface area contributed by atoms with E-state index in [2.05, 4.69) is 36.8 Å². The molecule has 24 heavy (non-hydrogen) atoms. The Hall–Kier alpha value is -1.09. The van der Waals surface area contributed by atoms with Crippen LogP contribution in [0.2, 0.25) is 0 Å². The van der Waals surface area contributed by atoms with Crippen LogP contribution in [0.5, 0.6) is 0 Å². The van der Waals surface area contributed by atoms with Crippen LogP contribution in [0.25, 0.3) is 0 Å². The maximum atomic E-state index is 11.0. The van der Waals surface area contributed by atoms with Crippen LogP contribution in [-0.4, -0.2) is 25.3 Å². The lowest BCUT2D eigenvalue weighted by Gasteiger charge is -2.00. The van der Waals surface area contributed by atoms with E-state index in [9.17, 15) is 4.79 Å². The highest BCUT2D eigenvalue weighted by Crippen LogP contribution is 2.28. The van der Waals surface area contributed by atoms with E-state index < -0.39 is 0 Å². The Morgan fingerprint density at radius 3 is 2.25 bits per heavy atom. The van der Waals surface area contributed by atoms with Gasteiger partial charge in [-0.05, 0) is 46.0 Å². The number of hydrogen-bond acceptors (Lipinski definition) is 3. The molecule has 0 aromatic carbocycles. The van der Waals surface area contributed by atoms with Crippen molar-refractivity contribution in [2.45, 2.75) is 96.7 Å². The molecule has 2 atom stereocenters. The number of carbonyl (C=O) groups is 1. The van der Waals surface area contributed by atoms with E-state index >= 15 is 0 Å². The molecule has 1 fully saturated rings. The van der Waals surface area contributed by atoms with E-state index in [1.54, 1.807) is 0 Å². The third kappa shape index (κ3) is 11.4. The lowest BCUT2D eigenvalue weighted by Crippen LogP contribution is -2.02. The van der Waals surface area contributed by atoms with Gasteiger partial charge in [0.1, 0.15) is 6.10 Å². The third-order valence-electron chi connectivity index (χ3n) is 4.44. The number of esters is 1. The maximum Gasteiger partial charge on any atom is 0.305 e. The summed E-state index contributed by atoms with van der Waals surface area (Å²) in [5.41, 5.74) is 1.44. The molecule has 0 saturated carbocycles. The van der Waals surface area contributed by atoms with E-state index in [1.165, 1.54) is 64.0 Å². The summed E-state index contributed by atoms with van der Waals surface area (Å²) in [5.74, 6) is -0.148. The molecule has 1 saturated heterocycles. The monoisotopic (exact) mass is 336 g/mol. The number of unbranched alkanes of at least 4 members (excludes halogenated alkanes) is 8. The normalized spacial score (nSPS) is 19.5. The number of epoxide rings is 1. The molecule has 1 rings (SSSR count). The van der Waals surface area contributed by atoms with Crippen molar-refractivity contribution in [1.29, 1.82) is 0 Å². The molecule has 1 aliphatic rings. The van der Waals surface area contributed by atoms with Gasteiger partial charge in [-0.15, -0.1) is 0 Å². The number of rotatable bonds is 14. The average Bonchev–Trinajstić information content (AvgIpc) is 3.31. The summed E-state index contributed by atoms with van der Waals surface area (Å²) >= 11 is 0. The average molecular weight is 337 g/mol. The first-order valence-corrected chi connectivity index (χ1v) is 9.65. The van der Waals surface area contributed by atoms with Crippen molar-refractivity contribution in [1.82, 2.24) is 0 Å². The molecule has 3 heteroatoms. The van der Waals surface area contributed by atoms with Crippen LogP contribution in [0.15, 0.2) is 23.8 Å². The highest BCUT2D eigenvalue weighted by molar-refractivity contribution is 5.69. The van der Waals surface area contributed by atoms with Crippen molar-refractivity contribution in [3.05, 3.63) is 23.8 Å². The number of allylic oxidation sites excluding steroid dienone is 3. The predicted molar refractivity (Wildman–Crippen MR) is 100 cm³/mol. The molecule has 1 aliphatic heterocycles. The summed E-state index contributed by atoms with van der Waals surface area (Å²) in [5, 5.41) is 0. The Balaban J connectivity index is 1.82. The van der Waals surface area contributed by atoms with E-state index in [1.807, 2.05) is 0 Å². The molecule has 1 heterocycles. The first kappa shape index (κ1) is 21.0. The lowest BCUT2D eigenvalue weighted by atomic mass is 10.1. The number of carbonyl (C=O) groups excluding carboxylic acids is 1. The van der Waals surface area contributed by atoms with Crippen LogP contribution in [0.4, 0.5) is 0 Å². The summed E-state index contributed by atoms with van der Waals surface area (Å²) in [4.78, 5) is 11.0. The predicted octanol–water partition coefficient (Wildman–Crippen LogP) is 5.74. The number of methoxy groups -OCH3 is 1. The molecule has 0 aromatic rings. The molecule has 0 aromatic heterocycles. The lowest BCUT2D eigenvalue weighted by molar-refractivity contribution is -0.140. The van der Waals surface area contributed by atoms with Gasteiger partial charge in [-0.25, -0.2) is 0 Å². The third-order valence-corrected chi connectivity index (χ3v) is 4.44. The first-order chi connectivity index (χ1) is 11.6. The van der Waals surface area contributed by atoms with Gasteiger partial charge in [0.05, 0.1) is 13.2 Å². The highest BCUT2D eigenvalue weighted by Gasteiger charge is 2.36. The molecule has 0 N–H and O–H groups in total. The fourth-order valence-corrected chi connectivity index (χ4v) is 2.83. The van der Waals surface area contributed by atoms with E-state index in [0.717, 1.165) is 12.8 Å². The van der Waals surface area contributed by atoms with Crippen molar-refractivity contribution in [3.63, 3.8) is 0 Å². The van der Waals surface area contributed by atoms with Gasteiger partial charge >= 0.3 is 5.97 Å². The summed E-state index contributed by atoms with van der Waals surface area (Å²) in [6.07, 6.45) is 20.2. The number of ether oxygens (including phenoxy) is 2. The van der Waals surface area contributed by atoms with E-state index in [-0.39, 0.29) is 18.2 Å². The van der Waals surface area contributed by atoms with Gasteiger partial charge in [-0.2, -0.15) is 0 Å². The Morgan fingerprint density at radius 2 is 1.62 bits per heavy atom. The standard InChI is InChI=1S/C21H36O3/c1-18(2)14-12-10-8-6-4-5-7-9-11-13-15-19-20(24-19)16-17-21(22)23-3/h13-15,19-20H,4-12,16-17H2,1-3H3/b15-13-. The largest absolute Gasteiger partial charge is 0.469 e. The van der Waals surface area contributed by atoms with Crippen molar-refractivity contribution in [2.75, 3.05) is 7.11 Å². The van der Waals surface area contributed by atoms with Crippen molar-refractivity contribution in [3.8, 4) is 0 Å². The van der Waals surface area contributed by atoms with Crippen LogP contribution in [0.1, 0.15) is 84.5 Å². The number of hydrogen-bond donors (Lipinski definition) is 0. The zero-order valence-corrected chi connectivity index (χ0v) is 15.9. The summed E-state index contributed by atoms with van der Waals surface area (Å²) in [7, 11) is 1.43. The van der Waals surface area contributed by atoms with Gasteiger partial charge in [0.15, 0.2) is 0 Å². The molecule has 0 bridgehead atoms. The Bertz CT molecular complexity index is 394. The molecule has 0 aliphatic carbocycles. The van der Waals surface area contributed by atoms with Gasteiger partial charge in [-0.3, -0.25) is 4.79 Å². The molecule has 0 radical (unpaired) electrons. The van der Waals surface area contributed by atoms with Crippen LogP contribution in [0, 0.1) is 0 Å². The van der Waals surface area contributed by atoms with Crippen LogP contribution in [0.3, 0.4) is 0 Å². The van der Waals surface area contributed by atoms with Gasteiger partial charge in [-0.1, -0.05) is 55.9 Å². The fourth-order valence-electron chi connectivity index (χ4n) is 2.83. The minimum atomic E-state index is -0.148. The van der Waals surface area contributed by atoms with Gasteiger partial charge in [0.25, 0.3) is 0 Å². The molecular weight excluding hydrogens is 300 g/mol. The quantitative estimate of drug-likeness (QED) is 0.176. The second-order valence-electron chi connectivity index (χ2n) is 7.02. The second kappa shape index (κ2) is 13.2. The molecule has 0 spiro atoms. The van der Waals surface area contributed by atoms with Gasteiger partial charge < -0.3 is 9.47 Å². The van der Waals surface area contributed by atoms with Crippen molar-refractivity contribution < 1.29 is 14.3 Å². The maximum absolute atomic E-state index is 11.0. The first-order valence-electron chi connectivity index (χ1n) is 9.65. The van der Waals surface area contributed by atoms with Gasteiger partial charge in [0.2, 0.25) is 0 Å². The Kier molecular flexibility index (Phi) is 11.5. The molecular formula is C21H36O3. The molecule has 2 unspecified atom stereocenters. The Labute approximate surface area is 148 Å². The summed E-state index contributed by atoms with van der Waals surface area (Å²) < 4.78 is 10.2. The topological polar surface area (TPSA) is 38.8 Å². The highest BCUT2D eigenvalue weighted by atomic mass is 16.6. The van der Waals surface area contributed by atoms with E-state index in [4.69, 9.17) is 4.74 Å². The second-order valence-corrected chi connectivity index (χ2v) is 7.02. The van der Waals surface area contributed by atoms with Gasteiger partial charge in [0, 0.05) is 6.42 Å². The molecule has 0 amide bonds. The summed E-state index contributed by atoms with van der Waals surface area (Å²) in [6.45, 7) is 4.35. The Morgan fingerprint density at radius 1 is 1.00 bits per heavy atom. The minimum Gasteiger partial charge on any atom is -0.469 e. The fraction of sp³-hybridized carbons (Fsp3) is 0.762. The smallest absolute Gasteiger partial charge is 0.305 e. The minimum absolute atomic E-state index is 0.148. The van der Waals surface area contributed by atoms with Crippen LogP contribution < -0.4 is 0 Å². The summed E-state index contributed by atoms with van der Waals surface area (Å²) in [6, 6.07) is 0. The van der Waals surface area contributed by atoms with E-state index in [0.29, 0.717) is 6.42 Å².